The summed E-state index contributed by atoms with van der Waals surface area (Å²) >= 11 is 2.01. The Morgan fingerprint density at radius 2 is 2.19 bits per heavy atom. The molecule has 0 aliphatic carbocycles. The van der Waals surface area contributed by atoms with E-state index in [1.165, 1.54) is 12.1 Å². The summed E-state index contributed by atoms with van der Waals surface area (Å²) in [6.07, 6.45) is 1.05. The fourth-order valence-electron chi connectivity index (χ4n) is 2.36. The second-order valence-electron chi connectivity index (χ2n) is 5.27. The summed E-state index contributed by atoms with van der Waals surface area (Å²) in [7, 11) is 0. The Kier molecular flexibility index (Phi) is 5.18. The zero-order valence-corrected chi connectivity index (χ0v) is 14.2. The summed E-state index contributed by atoms with van der Waals surface area (Å²) in [4.78, 5) is 26.2. The number of carbonyl (C=O) groups is 2. The van der Waals surface area contributed by atoms with E-state index in [0.29, 0.717) is 15.8 Å². The van der Waals surface area contributed by atoms with E-state index < -0.39 is 6.04 Å². The first-order chi connectivity index (χ1) is 9.93. The van der Waals surface area contributed by atoms with E-state index in [1.54, 1.807) is 11.0 Å². The van der Waals surface area contributed by atoms with Crippen molar-refractivity contribution in [1.29, 1.82) is 0 Å². The number of nitrogens with one attached hydrogen (secondary N) is 1. The smallest absolute Gasteiger partial charge is 0.249 e. The highest BCUT2D eigenvalue weighted by atomic mass is 127. The zero-order chi connectivity index (χ0) is 15.6. The number of anilines is 1. The van der Waals surface area contributed by atoms with Crippen LogP contribution in [0.2, 0.25) is 0 Å². The van der Waals surface area contributed by atoms with Crippen LogP contribution in [-0.2, 0) is 9.59 Å². The number of amides is 2. The molecule has 4 nitrogen and oxygen atoms in total. The summed E-state index contributed by atoms with van der Waals surface area (Å²) in [5.41, 5.74) is 0.659. The van der Waals surface area contributed by atoms with Crippen LogP contribution < -0.4 is 10.2 Å². The van der Waals surface area contributed by atoms with Gasteiger partial charge in [-0.15, -0.1) is 0 Å². The van der Waals surface area contributed by atoms with Gasteiger partial charge >= 0.3 is 0 Å². The molecule has 0 saturated carbocycles. The van der Waals surface area contributed by atoms with Gasteiger partial charge < -0.3 is 10.2 Å². The van der Waals surface area contributed by atoms with Crippen molar-refractivity contribution in [2.45, 2.75) is 32.7 Å². The van der Waals surface area contributed by atoms with Crippen molar-refractivity contribution < 1.29 is 14.0 Å². The van der Waals surface area contributed by atoms with Crippen LogP contribution in [-0.4, -0.2) is 24.4 Å². The minimum absolute atomic E-state index is 0.0557. The molecule has 114 valence electrons. The maximum atomic E-state index is 13.2. The molecule has 0 radical (unpaired) electrons. The van der Waals surface area contributed by atoms with E-state index >= 15 is 0 Å². The number of benzene rings is 1. The van der Waals surface area contributed by atoms with Gasteiger partial charge in [0.05, 0.1) is 5.69 Å². The third-order valence-electron chi connectivity index (χ3n) is 3.82. The van der Waals surface area contributed by atoms with Crippen LogP contribution in [0.3, 0.4) is 0 Å². The van der Waals surface area contributed by atoms with Gasteiger partial charge in [-0.3, -0.25) is 9.59 Å². The molecule has 0 spiro atoms. The van der Waals surface area contributed by atoms with Crippen molar-refractivity contribution in [3.8, 4) is 0 Å². The average Bonchev–Trinajstić information content (AvgIpc) is 2.59. The molecular formula is C15H18FIN2O2. The Hall–Kier alpha value is -1.18. The SMILES string of the molecule is CCC(C)C1NC(=O)CCN(c2ccc(F)cc2I)C1=O. The number of nitrogens with zero attached hydrogens (tertiary/aromatic N) is 1. The van der Waals surface area contributed by atoms with Gasteiger partial charge in [0.2, 0.25) is 11.8 Å². The summed E-state index contributed by atoms with van der Waals surface area (Å²) in [6, 6.07) is 3.80. The number of hydrogen-bond acceptors (Lipinski definition) is 2. The molecule has 2 unspecified atom stereocenters. The maximum absolute atomic E-state index is 13.2. The highest BCUT2D eigenvalue weighted by Crippen LogP contribution is 2.26. The van der Waals surface area contributed by atoms with Crippen LogP contribution in [0.1, 0.15) is 26.7 Å². The lowest BCUT2D eigenvalue weighted by molar-refractivity contribution is -0.126. The van der Waals surface area contributed by atoms with Gasteiger partial charge in [0.25, 0.3) is 0 Å². The fourth-order valence-corrected chi connectivity index (χ4v) is 3.13. The highest BCUT2D eigenvalue weighted by molar-refractivity contribution is 14.1. The predicted molar refractivity (Wildman–Crippen MR) is 87.5 cm³/mol. The number of halogens is 2. The summed E-state index contributed by atoms with van der Waals surface area (Å²) in [5, 5.41) is 2.80. The van der Waals surface area contributed by atoms with Gasteiger partial charge in [0, 0.05) is 16.5 Å². The van der Waals surface area contributed by atoms with Gasteiger partial charge in [0.1, 0.15) is 11.9 Å². The number of carbonyl (C=O) groups excluding carboxylic acids is 2. The van der Waals surface area contributed by atoms with Crippen molar-refractivity contribution in [2.24, 2.45) is 5.92 Å². The van der Waals surface area contributed by atoms with Crippen molar-refractivity contribution >= 4 is 40.1 Å². The van der Waals surface area contributed by atoms with Gasteiger partial charge in [-0.2, -0.15) is 0 Å². The van der Waals surface area contributed by atoms with E-state index in [-0.39, 0.29) is 30.0 Å². The molecule has 1 aliphatic heterocycles. The molecule has 0 bridgehead atoms. The topological polar surface area (TPSA) is 49.4 Å². The Morgan fingerprint density at radius 1 is 1.48 bits per heavy atom. The van der Waals surface area contributed by atoms with E-state index in [0.717, 1.165) is 6.42 Å². The maximum Gasteiger partial charge on any atom is 0.249 e. The molecule has 1 aromatic carbocycles. The molecule has 2 amide bonds. The third-order valence-corrected chi connectivity index (χ3v) is 4.69. The molecule has 6 heteroatoms. The molecule has 1 aliphatic rings. The van der Waals surface area contributed by atoms with Crippen LogP contribution in [0.4, 0.5) is 10.1 Å². The standard InChI is InChI=1S/C15H18FIN2O2/c1-3-9(2)14-15(21)19(7-6-13(20)18-14)12-5-4-10(16)8-11(12)17/h4-5,8-9,14H,3,6-7H2,1-2H3,(H,18,20). The zero-order valence-electron chi connectivity index (χ0n) is 12.0. The van der Waals surface area contributed by atoms with Gasteiger partial charge in [0.15, 0.2) is 0 Å². The number of rotatable bonds is 3. The summed E-state index contributed by atoms with van der Waals surface area (Å²) in [6.45, 7) is 4.25. The van der Waals surface area contributed by atoms with E-state index in [9.17, 15) is 14.0 Å². The monoisotopic (exact) mass is 404 g/mol. The minimum atomic E-state index is -0.522. The summed E-state index contributed by atoms with van der Waals surface area (Å²) < 4.78 is 13.9. The molecule has 1 saturated heterocycles. The predicted octanol–water partition coefficient (Wildman–Crippen LogP) is 2.70. The van der Waals surface area contributed by atoms with E-state index in [4.69, 9.17) is 0 Å². The lowest BCUT2D eigenvalue weighted by Gasteiger charge is -2.27. The quantitative estimate of drug-likeness (QED) is 0.788. The first-order valence-corrected chi connectivity index (χ1v) is 8.07. The van der Waals surface area contributed by atoms with E-state index in [1.807, 2.05) is 36.4 Å². The second kappa shape index (κ2) is 6.72. The first kappa shape index (κ1) is 16.2. The largest absolute Gasteiger partial charge is 0.344 e. The molecule has 0 aromatic heterocycles. The van der Waals surface area contributed by atoms with Gasteiger partial charge in [-0.25, -0.2) is 4.39 Å². The van der Waals surface area contributed by atoms with Crippen LogP contribution in [0.15, 0.2) is 18.2 Å². The third kappa shape index (κ3) is 3.53. The Bertz CT molecular complexity index is 565. The van der Waals surface area contributed by atoms with Crippen LogP contribution in [0.5, 0.6) is 0 Å². The lowest BCUT2D eigenvalue weighted by atomic mass is 9.98. The van der Waals surface area contributed by atoms with Crippen LogP contribution in [0.25, 0.3) is 0 Å². The van der Waals surface area contributed by atoms with Crippen molar-refractivity contribution in [1.82, 2.24) is 5.32 Å². The second-order valence-corrected chi connectivity index (χ2v) is 6.43. The molecule has 1 heterocycles. The Labute approximate surface area is 137 Å². The lowest BCUT2D eigenvalue weighted by Crippen LogP contribution is -2.48. The van der Waals surface area contributed by atoms with Crippen molar-refractivity contribution in [3.63, 3.8) is 0 Å². The molecule has 2 atom stereocenters. The minimum Gasteiger partial charge on any atom is -0.344 e. The molecule has 1 fully saturated rings. The highest BCUT2D eigenvalue weighted by Gasteiger charge is 2.34. The van der Waals surface area contributed by atoms with Crippen LogP contribution in [0, 0.1) is 15.3 Å². The Balaban J connectivity index is 2.37. The molecule has 2 rings (SSSR count). The molecular weight excluding hydrogens is 386 g/mol. The molecule has 1 aromatic rings. The van der Waals surface area contributed by atoms with Crippen LogP contribution >= 0.6 is 22.6 Å². The molecule has 1 N–H and O–H groups in total. The fraction of sp³-hybridized carbons (Fsp3) is 0.467. The summed E-state index contributed by atoms with van der Waals surface area (Å²) in [5.74, 6) is -0.522. The average molecular weight is 404 g/mol. The van der Waals surface area contributed by atoms with E-state index in [2.05, 4.69) is 5.32 Å². The Morgan fingerprint density at radius 3 is 2.81 bits per heavy atom. The normalized spacial score (nSPS) is 21.0. The van der Waals surface area contributed by atoms with Crippen molar-refractivity contribution in [2.75, 3.05) is 11.4 Å². The van der Waals surface area contributed by atoms with Gasteiger partial charge in [-0.1, -0.05) is 20.3 Å². The number of hydrogen-bond donors (Lipinski definition) is 1. The van der Waals surface area contributed by atoms with Crippen molar-refractivity contribution in [3.05, 3.63) is 27.6 Å². The van der Waals surface area contributed by atoms with Gasteiger partial charge in [-0.05, 0) is 46.7 Å². The molecule has 21 heavy (non-hydrogen) atoms. The first-order valence-electron chi connectivity index (χ1n) is 6.99.